The van der Waals surface area contributed by atoms with Crippen LogP contribution in [0.15, 0.2) is 24.4 Å². The Kier molecular flexibility index (Phi) is 3.04. The van der Waals surface area contributed by atoms with Crippen molar-refractivity contribution < 1.29 is 0 Å². The summed E-state index contributed by atoms with van der Waals surface area (Å²) in [6, 6.07) is 5.96. The van der Waals surface area contributed by atoms with Crippen molar-refractivity contribution in [3.63, 3.8) is 0 Å². The van der Waals surface area contributed by atoms with Crippen LogP contribution in [0.4, 0.5) is 5.69 Å². The van der Waals surface area contributed by atoms with E-state index in [-0.39, 0.29) is 0 Å². The Morgan fingerprint density at radius 1 is 1.47 bits per heavy atom. The molecule has 0 spiro atoms. The van der Waals surface area contributed by atoms with E-state index >= 15 is 0 Å². The van der Waals surface area contributed by atoms with Crippen LogP contribution < -0.4 is 0 Å². The predicted molar refractivity (Wildman–Crippen MR) is 78.6 cm³/mol. The maximum absolute atomic E-state index is 7.06. The number of hydrogen-bond donors (Lipinski definition) is 1. The van der Waals surface area contributed by atoms with Gasteiger partial charge in [-0.25, -0.2) is 4.85 Å². The van der Waals surface area contributed by atoms with Crippen LogP contribution in [0.2, 0.25) is 0 Å². The monoisotopic (exact) mass is 253 g/mol. The van der Waals surface area contributed by atoms with Crippen molar-refractivity contribution >= 4 is 16.6 Å². The minimum absolute atomic E-state index is 0.696. The number of nitrogens with one attached hydrogen (secondary N) is 1. The van der Waals surface area contributed by atoms with Crippen molar-refractivity contribution in [2.45, 2.75) is 19.3 Å². The van der Waals surface area contributed by atoms with Crippen molar-refractivity contribution in [3.05, 3.63) is 41.4 Å². The summed E-state index contributed by atoms with van der Waals surface area (Å²) in [6.45, 7) is 11.6. The maximum atomic E-state index is 7.06. The van der Waals surface area contributed by atoms with Crippen LogP contribution in [-0.2, 0) is 0 Å². The highest BCUT2D eigenvalue weighted by Crippen LogP contribution is 2.49. The standard InChI is InChI=1S/C16H19N3/c1-4-19(3)10-11-7-14(11)15-9-18-16-8-12(17-2)5-6-13(15)16/h5-6,8-9,11,14,18H,4,7,10H2,1,3H3. The minimum atomic E-state index is 0.696. The molecule has 98 valence electrons. The van der Waals surface area contributed by atoms with Gasteiger partial charge in [0.05, 0.1) is 6.57 Å². The van der Waals surface area contributed by atoms with E-state index in [1.165, 1.54) is 23.9 Å². The predicted octanol–water partition coefficient (Wildman–Crippen LogP) is 3.77. The first-order chi connectivity index (χ1) is 9.22. The Morgan fingerprint density at radius 2 is 2.32 bits per heavy atom. The number of fused-ring (bicyclic) bond motifs is 1. The highest BCUT2D eigenvalue weighted by atomic mass is 15.1. The van der Waals surface area contributed by atoms with E-state index in [9.17, 15) is 0 Å². The van der Waals surface area contributed by atoms with Gasteiger partial charge in [0.15, 0.2) is 5.69 Å². The van der Waals surface area contributed by atoms with Gasteiger partial charge in [-0.15, -0.1) is 0 Å². The van der Waals surface area contributed by atoms with E-state index in [2.05, 4.69) is 41.0 Å². The summed E-state index contributed by atoms with van der Waals surface area (Å²) in [5.74, 6) is 1.49. The molecule has 1 aromatic heterocycles. The number of nitrogens with zero attached hydrogens (tertiary/aromatic N) is 2. The Morgan fingerprint density at radius 3 is 3.05 bits per heavy atom. The van der Waals surface area contributed by atoms with Gasteiger partial charge in [0, 0.05) is 23.6 Å². The average Bonchev–Trinajstić information content (AvgIpc) is 3.06. The molecule has 0 radical (unpaired) electrons. The van der Waals surface area contributed by atoms with Gasteiger partial charge >= 0.3 is 0 Å². The second-order valence-electron chi connectivity index (χ2n) is 5.54. The highest BCUT2D eigenvalue weighted by Gasteiger charge is 2.39. The summed E-state index contributed by atoms with van der Waals surface area (Å²) >= 11 is 0. The topological polar surface area (TPSA) is 23.4 Å². The third-order valence-electron chi connectivity index (χ3n) is 4.23. The molecule has 2 aromatic rings. The molecule has 3 heteroatoms. The maximum Gasteiger partial charge on any atom is 0.189 e. The molecule has 2 atom stereocenters. The smallest absolute Gasteiger partial charge is 0.189 e. The Bertz CT molecular complexity index is 635. The van der Waals surface area contributed by atoms with Crippen LogP contribution >= 0.6 is 0 Å². The van der Waals surface area contributed by atoms with Gasteiger partial charge in [-0.1, -0.05) is 19.1 Å². The van der Waals surface area contributed by atoms with E-state index in [0.717, 1.165) is 18.0 Å². The third kappa shape index (κ3) is 2.24. The van der Waals surface area contributed by atoms with Crippen LogP contribution in [-0.4, -0.2) is 30.0 Å². The highest BCUT2D eigenvalue weighted by molar-refractivity contribution is 5.87. The Hall–Kier alpha value is -1.79. The zero-order valence-corrected chi connectivity index (χ0v) is 11.5. The van der Waals surface area contributed by atoms with Crippen molar-refractivity contribution in [2.75, 3.05) is 20.1 Å². The molecule has 1 aliphatic rings. The molecular weight excluding hydrogens is 234 g/mol. The first-order valence-corrected chi connectivity index (χ1v) is 6.90. The number of benzene rings is 1. The van der Waals surface area contributed by atoms with E-state index in [4.69, 9.17) is 6.57 Å². The third-order valence-corrected chi connectivity index (χ3v) is 4.23. The zero-order valence-electron chi connectivity index (χ0n) is 11.5. The Balaban J connectivity index is 1.82. The molecule has 2 unspecified atom stereocenters. The largest absolute Gasteiger partial charge is 0.362 e. The molecule has 0 amide bonds. The average molecular weight is 253 g/mol. The van der Waals surface area contributed by atoms with Gasteiger partial charge in [-0.2, -0.15) is 0 Å². The van der Waals surface area contributed by atoms with Gasteiger partial charge in [-0.05, 0) is 43.5 Å². The molecule has 3 rings (SSSR count). The number of hydrogen-bond acceptors (Lipinski definition) is 1. The molecule has 1 fully saturated rings. The van der Waals surface area contributed by atoms with Gasteiger partial charge in [0.2, 0.25) is 0 Å². The molecule has 0 bridgehead atoms. The van der Waals surface area contributed by atoms with Crippen molar-refractivity contribution in [2.24, 2.45) is 5.92 Å². The quantitative estimate of drug-likeness (QED) is 0.824. The van der Waals surface area contributed by atoms with E-state index in [0.29, 0.717) is 11.6 Å². The summed E-state index contributed by atoms with van der Waals surface area (Å²) in [4.78, 5) is 9.18. The van der Waals surface area contributed by atoms with E-state index < -0.39 is 0 Å². The lowest BCUT2D eigenvalue weighted by molar-refractivity contribution is 0.335. The molecule has 3 nitrogen and oxygen atoms in total. The van der Waals surface area contributed by atoms with Crippen molar-refractivity contribution in [1.82, 2.24) is 9.88 Å². The Labute approximate surface area is 114 Å². The summed E-state index contributed by atoms with van der Waals surface area (Å²) < 4.78 is 0. The van der Waals surface area contributed by atoms with Crippen LogP contribution in [0, 0.1) is 12.5 Å². The van der Waals surface area contributed by atoms with E-state index in [1.807, 2.05) is 12.1 Å². The summed E-state index contributed by atoms with van der Waals surface area (Å²) in [5, 5.41) is 1.29. The fourth-order valence-corrected chi connectivity index (χ4v) is 2.87. The van der Waals surface area contributed by atoms with Gasteiger partial charge < -0.3 is 9.88 Å². The lowest BCUT2D eigenvalue weighted by Gasteiger charge is -2.12. The van der Waals surface area contributed by atoms with Crippen LogP contribution in [0.3, 0.4) is 0 Å². The second-order valence-corrected chi connectivity index (χ2v) is 5.54. The fraction of sp³-hybridized carbons (Fsp3) is 0.438. The SMILES string of the molecule is [C-]#[N+]c1ccc2c(C3CC3CN(C)CC)c[nH]c2c1. The molecule has 1 heterocycles. The number of rotatable bonds is 4. The molecule has 1 aliphatic carbocycles. The second kappa shape index (κ2) is 4.71. The van der Waals surface area contributed by atoms with E-state index in [1.54, 1.807) is 0 Å². The molecular formula is C16H19N3. The number of aromatic amines is 1. The molecule has 0 saturated heterocycles. The fourth-order valence-electron chi connectivity index (χ4n) is 2.87. The molecule has 1 N–H and O–H groups in total. The van der Waals surface area contributed by atoms with Crippen molar-refractivity contribution in [1.29, 1.82) is 0 Å². The number of aromatic nitrogens is 1. The van der Waals surface area contributed by atoms with Gasteiger partial charge in [0.25, 0.3) is 0 Å². The molecule has 19 heavy (non-hydrogen) atoms. The first kappa shape index (κ1) is 12.3. The van der Waals surface area contributed by atoms with Gasteiger partial charge in [-0.3, -0.25) is 0 Å². The molecule has 1 aromatic carbocycles. The molecule has 0 aliphatic heterocycles. The lowest BCUT2D eigenvalue weighted by atomic mass is 10.1. The van der Waals surface area contributed by atoms with Crippen LogP contribution in [0.1, 0.15) is 24.8 Å². The summed E-state index contributed by atoms with van der Waals surface area (Å²) in [6.07, 6.45) is 3.43. The number of H-pyrrole nitrogens is 1. The zero-order chi connectivity index (χ0) is 13.4. The van der Waals surface area contributed by atoms with Crippen molar-refractivity contribution in [3.8, 4) is 0 Å². The molecule has 1 saturated carbocycles. The van der Waals surface area contributed by atoms with Gasteiger partial charge in [0.1, 0.15) is 0 Å². The lowest BCUT2D eigenvalue weighted by Crippen LogP contribution is -2.20. The normalized spacial score (nSPS) is 21.8. The van der Waals surface area contributed by atoms with Crippen LogP contribution in [0.25, 0.3) is 15.7 Å². The summed E-state index contributed by atoms with van der Waals surface area (Å²) in [5.41, 5.74) is 3.23. The van der Waals surface area contributed by atoms with Crippen LogP contribution in [0.5, 0.6) is 0 Å². The minimum Gasteiger partial charge on any atom is -0.362 e. The first-order valence-electron chi connectivity index (χ1n) is 6.90. The summed E-state index contributed by atoms with van der Waals surface area (Å²) in [7, 11) is 2.19.